The molecule has 0 aliphatic rings. The van der Waals surface area contributed by atoms with E-state index in [2.05, 4.69) is 21.2 Å². The van der Waals surface area contributed by atoms with E-state index in [1.54, 1.807) is 6.92 Å². The van der Waals surface area contributed by atoms with Crippen molar-refractivity contribution in [1.82, 2.24) is 0 Å². The van der Waals surface area contributed by atoms with Crippen LogP contribution in [-0.4, -0.2) is 11.1 Å². The summed E-state index contributed by atoms with van der Waals surface area (Å²) < 4.78 is 0.856. The predicted molar refractivity (Wildman–Crippen MR) is 83.9 cm³/mol. The van der Waals surface area contributed by atoms with Crippen LogP contribution in [0.1, 0.15) is 18.1 Å². The van der Waals surface area contributed by atoms with Crippen molar-refractivity contribution in [2.24, 2.45) is 0 Å². The number of hydrogen-bond donors (Lipinski definition) is 2. The number of para-hydroxylation sites is 1. The van der Waals surface area contributed by atoms with Crippen LogP contribution in [0.4, 0.5) is 5.69 Å². The molecule has 2 N–H and O–H groups in total. The molecule has 3 nitrogen and oxygen atoms in total. The lowest BCUT2D eigenvalue weighted by molar-refractivity contribution is -0.142. The van der Waals surface area contributed by atoms with Crippen molar-refractivity contribution in [2.45, 2.75) is 19.4 Å². The van der Waals surface area contributed by atoms with Gasteiger partial charge in [0.2, 0.25) is 0 Å². The number of nitrogens with one attached hydrogen (secondary N) is 1. The average Bonchev–Trinajstić information content (AvgIpc) is 2.41. The molecule has 20 heavy (non-hydrogen) atoms. The van der Waals surface area contributed by atoms with E-state index in [0.29, 0.717) is 5.56 Å². The number of rotatable bonds is 4. The fourth-order valence-electron chi connectivity index (χ4n) is 2.03. The zero-order valence-corrected chi connectivity index (χ0v) is 12.9. The van der Waals surface area contributed by atoms with Gasteiger partial charge in [-0.2, -0.15) is 0 Å². The number of aliphatic carboxylic acids is 1. The molecule has 1 unspecified atom stereocenters. The van der Waals surface area contributed by atoms with Crippen molar-refractivity contribution in [3.8, 4) is 0 Å². The second kappa shape index (κ2) is 5.67. The number of benzene rings is 2. The molecule has 104 valence electrons. The summed E-state index contributed by atoms with van der Waals surface area (Å²) in [5.41, 5.74) is 1.34. The lowest BCUT2D eigenvalue weighted by Gasteiger charge is -2.29. The second-order valence-corrected chi connectivity index (χ2v) is 5.80. The third-order valence-electron chi connectivity index (χ3n) is 3.36. The van der Waals surface area contributed by atoms with Crippen LogP contribution in [0.25, 0.3) is 0 Å². The number of halogens is 1. The number of carboxylic acids is 1. The van der Waals surface area contributed by atoms with E-state index in [1.165, 1.54) is 0 Å². The molecule has 0 heterocycles. The maximum absolute atomic E-state index is 11.8. The van der Waals surface area contributed by atoms with Crippen LogP contribution in [0.5, 0.6) is 0 Å². The molecular weight excluding hydrogens is 318 g/mol. The van der Waals surface area contributed by atoms with E-state index in [1.807, 2.05) is 55.5 Å². The lowest BCUT2D eigenvalue weighted by atomic mass is 9.91. The predicted octanol–water partition coefficient (Wildman–Crippen LogP) is 4.17. The quantitative estimate of drug-likeness (QED) is 0.882. The SMILES string of the molecule is Cc1ccccc1NC(C)(C(=O)O)c1cccc(Br)c1. The molecule has 0 fully saturated rings. The van der Waals surface area contributed by atoms with Crippen LogP contribution in [0.15, 0.2) is 53.0 Å². The molecule has 0 spiro atoms. The standard InChI is InChI=1S/C16H16BrNO2/c1-11-6-3-4-9-14(11)18-16(2,15(19)20)12-7-5-8-13(17)10-12/h3-10,18H,1-2H3,(H,19,20). The van der Waals surface area contributed by atoms with E-state index in [9.17, 15) is 9.90 Å². The Hall–Kier alpha value is -1.81. The minimum Gasteiger partial charge on any atom is -0.479 e. The normalized spacial score (nSPS) is 13.6. The zero-order chi connectivity index (χ0) is 14.8. The summed E-state index contributed by atoms with van der Waals surface area (Å²) in [4.78, 5) is 11.8. The molecule has 0 bridgehead atoms. The molecule has 0 saturated carbocycles. The van der Waals surface area contributed by atoms with E-state index in [4.69, 9.17) is 0 Å². The van der Waals surface area contributed by atoms with Crippen LogP contribution in [0, 0.1) is 6.92 Å². The van der Waals surface area contributed by atoms with Gasteiger partial charge in [-0.1, -0.05) is 46.3 Å². The summed E-state index contributed by atoms with van der Waals surface area (Å²) in [6.45, 7) is 3.62. The third-order valence-corrected chi connectivity index (χ3v) is 3.85. The highest BCUT2D eigenvalue weighted by Crippen LogP contribution is 2.29. The highest BCUT2D eigenvalue weighted by atomic mass is 79.9. The van der Waals surface area contributed by atoms with Gasteiger partial charge in [0.25, 0.3) is 0 Å². The molecular formula is C16H16BrNO2. The topological polar surface area (TPSA) is 49.3 Å². The fourth-order valence-corrected chi connectivity index (χ4v) is 2.43. The van der Waals surface area contributed by atoms with Gasteiger partial charge in [-0.3, -0.25) is 0 Å². The van der Waals surface area contributed by atoms with Crippen LogP contribution >= 0.6 is 15.9 Å². The van der Waals surface area contributed by atoms with Crippen molar-refractivity contribution < 1.29 is 9.90 Å². The largest absolute Gasteiger partial charge is 0.479 e. The summed E-state index contributed by atoms with van der Waals surface area (Å²) in [6, 6.07) is 15.0. The zero-order valence-electron chi connectivity index (χ0n) is 11.4. The molecule has 0 aliphatic heterocycles. The maximum Gasteiger partial charge on any atom is 0.333 e. The first-order chi connectivity index (χ1) is 9.43. The smallest absolute Gasteiger partial charge is 0.333 e. The minimum atomic E-state index is -1.18. The van der Waals surface area contributed by atoms with Crippen molar-refractivity contribution in [1.29, 1.82) is 0 Å². The molecule has 0 aliphatic carbocycles. The van der Waals surface area contributed by atoms with E-state index < -0.39 is 11.5 Å². The van der Waals surface area contributed by atoms with Gasteiger partial charge in [-0.05, 0) is 43.2 Å². The van der Waals surface area contributed by atoms with Crippen molar-refractivity contribution in [2.75, 3.05) is 5.32 Å². The first kappa shape index (κ1) is 14.6. The van der Waals surface area contributed by atoms with Gasteiger partial charge in [0, 0.05) is 10.2 Å². The number of carbonyl (C=O) groups is 1. The Morgan fingerprint density at radius 2 is 1.90 bits per heavy atom. The van der Waals surface area contributed by atoms with Gasteiger partial charge in [0.05, 0.1) is 0 Å². The maximum atomic E-state index is 11.8. The van der Waals surface area contributed by atoms with Crippen LogP contribution in [0.3, 0.4) is 0 Å². The number of anilines is 1. The Morgan fingerprint density at radius 1 is 1.20 bits per heavy atom. The molecule has 0 amide bonds. The monoisotopic (exact) mass is 333 g/mol. The Morgan fingerprint density at radius 3 is 2.50 bits per heavy atom. The molecule has 0 aromatic heterocycles. The molecule has 2 rings (SSSR count). The van der Waals surface area contributed by atoms with Gasteiger partial charge in [0.1, 0.15) is 0 Å². The Kier molecular flexibility index (Phi) is 4.14. The number of hydrogen-bond acceptors (Lipinski definition) is 2. The molecule has 4 heteroatoms. The lowest BCUT2D eigenvalue weighted by Crippen LogP contribution is -2.40. The average molecular weight is 334 g/mol. The summed E-state index contributed by atoms with van der Waals surface area (Å²) in [6.07, 6.45) is 0. The second-order valence-electron chi connectivity index (χ2n) is 4.88. The number of carboxylic acid groups (broad SMARTS) is 1. The van der Waals surface area contributed by atoms with E-state index in [-0.39, 0.29) is 0 Å². The van der Waals surface area contributed by atoms with Crippen molar-refractivity contribution >= 4 is 27.6 Å². The summed E-state index contributed by atoms with van der Waals surface area (Å²) in [5, 5.41) is 12.8. The highest BCUT2D eigenvalue weighted by molar-refractivity contribution is 9.10. The number of aryl methyl sites for hydroxylation is 1. The minimum absolute atomic E-state index is 0.697. The van der Waals surface area contributed by atoms with Gasteiger partial charge in [-0.15, -0.1) is 0 Å². The first-order valence-corrected chi connectivity index (χ1v) is 7.06. The molecule has 0 radical (unpaired) electrons. The Labute approximate surface area is 126 Å². The van der Waals surface area contributed by atoms with Gasteiger partial charge < -0.3 is 10.4 Å². The van der Waals surface area contributed by atoms with Crippen LogP contribution in [-0.2, 0) is 10.3 Å². The van der Waals surface area contributed by atoms with Crippen molar-refractivity contribution in [3.63, 3.8) is 0 Å². The fraction of sp³-hybridized carbons (Fsp3) is 0.188. The Balaban J connectivity index is 2.46. The van der Waals surface area contributed by atoms with Gasteiger partial charge in [-0.25, -0.2) is 4.79 Å². The molecule has 2 aromatic rings. The van der Waals surface area contributed by atoms with E-state index in [0.717, 1.165) is 15.7 Å². The van der Waals surface area contributed by atoms with Gasteiger partial charge in [0.15, 0.2) is 5.54 Å². The summed E-state index contributed by atoms with van der Waals surface area (Å²) >= 11 is 3.38. The Bertz CT molecular complexity index is 642. The van der Waals surface area contributed by atoms with Crippen LogP contribution in [0.2, 0.25) is 0 Å². The molecule has 2 aromatic carbocycles. The summed E-state index contributed by atoms with van der Waals surface area (Å²) in [5.74, 6) is -0.918. The van der Waals surface area contributed by atoms with E-state index >= 15 is 0 Å². The van der Waals surface area contributed by atoms with Crippen molar-refractivity contribution in [3.05, 3.63) is 64.1 Å². The summed E-state index contributed by atoms with van der Waals surface area (Å²) in [7, 11) is 0. The molecule has 0 saturated heterocycles. The highest BCUT2D eigenvalue weighted by Gasteiger charge is 2.35. The molecule has 1 atom stereocenters. The van der Waals surface area contributed by atoms with Crippen LogP contribution < -0.4 is 5.32 Å². The third kappa shape index (κ3) is 2.85. The van der Waals surface area contributed by atoms with Gasteiger partial charge >= 0.3 is 5.97 Å². The first-order valence-electron chi connectivity index (χ1n) is 6.27.